The molecule has 0 spiro atoms. The van der Waals surface area contributed by atoms with E-state index in [0.29, 0.717) is 10.8 Å². The fraction of sp³-hybridized carbons (Fsp3) is 0.462. The summed E-state index contributed by atoms with van der Waals surface area (Å²) in [6.07, 6.45) is 1.76. The normalized spacial score (nSPS) is 16.9. The zero-order valence-corrected chi connectivity index (χ0v) is 10.6. The number of ether oxygens (including phenoxy) is 1. The Balaban J connectivity index is 1.93. The Morgan fingerprint density at radius 1 is 1.29 bits per heavy atom. The van der Waals surface area contributed by atoms with Gasteiger partial charge in [0.05, 0.1) is 0 Å². The molecular formula is C13H16ClNO2. The van der Waals surface area contributed by atoms with Gasteiger partial charge in [-0.2, -0.15) is 0 Å². The van der Waals surface area contributed by atoms with Gasteiger partial charge in [-0.15, -0.1) is 0 Å². The van der Waals surface area contributed by atoms with Crippen LogP contribution < -0.4 is 4.74 Å². The highest BCUT2D eigenvalue weighted by atomic mass is 35.5. The number of carbonyl (C=O) groups excluding carboxylic acids is 1. The maximum atomic E-state index is 12.0. The Bertz CT molecular complexity index is 385. The molecule has 17 heavy (non-hydrogen) atoms. The van der Waals surface area contributed by atoms with Crippen LogP contribution in [0, 0.1) is 0 Å². The summed E-state index contributed by atoms with van der Waals surface area (Å²) in [6, 6.07) is 7.06. The zero-order chi connectivity index (χ0) is 12.3. The number of hydrogen-bond donors (Lipinski definition) is 0. The number of likely N-dealkylation sites (tertiary alicyclic amines) is 1. The van der Waals surface area contributed by atoms with Crippen LogP contribution in [0.1, 0.15) is 19.8 Å². The SMILES string of the molecule is CC(Oc1ccc(Cl)cc1)C(=O)N1CCCC1. The van der Waals surface area contributed by atoms with Crippen molar-refractivity contribution in [3.63, 3.8) is 0 Å². The van der Waals surface area contributed by atoms with E-state index in [9.17, 15) is 4.79 Å². The first-order valence-corrected chi connectivity index (χ1v) is 6.25. The zero-order valence-electron chi connectivity index (χ0n) is 9.86. The quantitative estimate of drug-likeness (QED) is 0.829. The van der Waals surface area contributed by atoms with Crippen molar-refractivity contribution in [2.24, 2.45) is 0 Å². The largest absolute Gasteiger partial charge is 0.481 e. The first-order chi connectivity index (χ1) is 8.16. The van der Waals surface area contributed by atoms with Gasteiger partial charge in [-0.25, -0.2) is 0 Å². The summed E-state index contributed by atoms with van der Waals surface area (Å²) in [7, 11) is 0. The highest BCUT2D eigenvalue weighted by Gasteiger charge is 2.24. The Morgan fingerprint density at radius 3 is 2.47 bits per heavy atom. The summed E-state index contributed by atoms with van der Waals surface area (Å²) in [6.45, 7) is 3.50. The van der Waals surface area contributed by atoms with Crippen LogP contribution in [0.5, 0.6) is 5.75 Å². The van der Waals surface area contributed by atoms with Crippen molar-refractivity contribution in [3.8, 4) is 5.75 Å². The van der Waals surface area contributed by atoms with E-state index in [0.717, 1.165) is 25.9 Å². The molecule has 2 rings (SSSR count). The average molecular weight is 254 g/mol. The molecule has 1 aromatic rings. The van der Waals surface area contributed by atoms with Crippen molar-refractivity contribution >= 4 is 17.5 Å². The molecule has 1 amide bonds. The number of halogens is 1. The third-order valence-electron chi connectivity index (χ3n) is 2.89. The predicted octanol–water partition coefficient (Wildman–Crippen LogP) is 2.73. The van der Waals surface area contributed by atoms with Crippen LogP contribution in [0.4, 0.5) is 0 Å². The van der Waals surface area contributed by atoms with Gasteiger partial charge in [0.2, 0.25) is 0 Å². The molecule has 0 radical (unpaired) electrons. The van der Waals surface area contributed by atoms with Gasteiger partial charge in [0.1, 0.15) is 5.75 Å². The summed E-state index contributed by atoms with van der Waals surface area (Å²) < 4.78 is 5.59. The summed E-state index contributed by atoms with van der Waals surface area (Å²) in [5, 5.41) is 0.663. The van der Waals surface area contributed by atoms with E-state index in [-0.39, 0.29) is 5.91 Å². The fourth-order valence-electron chi connectivity index (χ4n) is 1.96. The minimum atomic E-state index is -0.436. The van der Waals surface area contributed by atoms with E-state index >= 15 is 0 Å². The molecule has 1 aromatic carbocycles. The number of amides is 1. The maximum absolute atomic E-state index is 12.0. The van der Waals surface area contributed by atoms with E-state index in [1.54, 1.807) is 31.2 Å². The molecule has 0 saturated carbocycles. The van der Waals surface area contributed by atoms with E-state index in [1.165, 1.54) is 0 Å². The van der Waals surface area contributed by atoms with Crippen molar-refractivity contribution in [2.75, 3.05) is 13.1 Å². The molecule has 1 aliphatic rings. The molecule has 1 unspecified atom stereocenters. The van der Waals surface area contributed by atoms with Crippen molar-refractivity contribution in [3.05, 3.63) is 29.3 Å². The highest BCUT2D eigenvalue weighted by Crippen LogP contribution is 2.18. The van der Waals surface area contributed by atoms with Gasteiger partial charge in [-0.1, -0.05) is 11.6 Å². The van der Waals surface area contributed by atoms with Crippen LogP contribution in [0.2, 0.25) is 5.02 Å². The van der Waals surface area contributed by atoms with E-state index in [2.05, 4.69) is 0 Å². The topological polar surface area (TPSA) is 29.5 Å². The van der Waals surface area contributed by atoms with Gasteiger partial charge in [-0.05, 0) is 44.0 Å². The van der Waals surface area contributed by atoms with E-state index in [4.69, 9.17) is 16.3 Å². The lowest BCUT2D eigenvalue weighted by atomic mass is 10.3. The fourth-order valence-corrected chi connectivity index (χ4v) is 2.09. The first-order valence-electron chi connectivity index (χ1n) is 5.88. The minimum absolute atomic E-state index is 0.0671. The Kier molecular flexibility index (Phi) is 3.89. The number of rotatable bonds is 3. The van der Waals surface area contributed by atoms with Crippen molar-refractivity contribution in [2.45, 2.75) is 25.9 Å². The van der Waals surface area contributed by atoms with Crippen LogP contribution in [0.15, 0.2) is 24.3 Å². The second kappa shape index (κ2) is 5.41. The third-order valence-corrected chi connectivity index (χ3v) is 3.14. The lowest BCUT2D eigenvalue weighted by molar-refractivity contribution is -0.136. The number of benzene rings is 1. The summed E-state index contributed by atoms with van der Waals surface area (Å²) in [4.78, 5) is 13.9. The van der Waals surface area contributed by atoms with Crippen molar-refractivity contribution in [1.29, 1.82) is 0 Å². The molecule has 0 aliphatic carbocycles. The standard InChI is InChI=1S/C13H16ClNO2/c1-10(13(16)15-8-2-3-9-15)17-12-6-4-11(14)5-7-12/h4-7,10H,2-3,8-9H2,1H3. The van der Waals surface area contributed by atoms with Crippen LogP contribution in [-0.2, 0) is 4.79 Å². The molecule has 1 fully saturated rings. The lowest BCUT2D eigenvalue weighted by Gasteiger charge is -2.21. The Labute approximate surface area is 106 Å². The van der Waals surface area contributed by atoms with Crippen molar-refractivity contribution in [1.82, 2.24) is 4.90 Å². The third kappa shape index (κ3) is 3.13. The van der Waals surface area contributed by atoms with Gasteiger partial charge in [0.25, 0.3) is 5.91 Å². The molecule has 3 nitrogen and oxygen atoms in total. The van der Waals surface area contributed by atoms with Gasteiger partial charge in [0.15, 0.2) is 6.10 Å². The Hall–Kier alpha value is -1.22. The van der Waals surface area contributed by atoms with E-state index in [1.807, 2.05) is 4.90 Å². The molecule has 0 N–H and O–H groups in total. The Morgan fingerprint density at radius 2 is 1.88 bits per heavy atom. The average Bonchev–Trinajstić information content (AvgIpc) is 2.84. The van der Waals surface area contributed by atoms with Crippen LogP contribution in [0.25, 0.3) is 0 Å². The molecule has 0 aromatic heterocycles. The molecule has 1 aliphatic heterocycles. The first kappa shape index (κ1) is 12.2. The summed E-state index contributed by atoms with van der Waals surface area (Å²) >= 11 is 5.78. The second-order valence-corrected chi connectivity index (χ2v) is 4.68. The minimum Gasteiger partial charge on any atom is -0.481 e. The number of hydrogen-bond acceptors (Lipinski definition) is 2. The predicted molar refractivity (Wildman–Crippen MR) is 67.4 cm³/mol. The lowest BCUT2D eigenvalue weighted by Crippen LogP contribution is -2.38. The number of carbonyl (C=O) groups is 1. The van der Waals surface area contributed by atoms with Crippen LogP contribution >= 0.6 is 11.6 Å². The van der Waals surface area contributed by atoms with E-state index < -0.39 is 6.10 Å². The van der Waals surface area contributed by atoms with Crippen LogP contribution in [0.3, 0.4) is 0 Å². The number of nitrogens with zero attached hydrogens (tertiary/aromatic N) is 1. The summed E-state index contributed by atoms with van der Waals surface area (Å²) in [5.74, 6) is 0.742. The van der Waals surface area contributed by atoms with Crippen LogP contribution in [-0.4, -0.2) is 30.0 Å². The van der Waals surface area contributed by atoms with Crippen molar-refractivity contribution < 1.29 is 9.53 Å². The smallest absolute Gasteiger partial charge is 0.263 e. The van der Waals surface area contributed by atoms with Gasteiger partial charge in [-0.3, -0.25) is 4.79 Å². The van der Waals surface area contributed by atoms with Gasteiger partial charge < -0.3 is 9.64 Å². The molecule has 1 atom stereocenters. The molecule has 4 heteroatoms. The van der Waals surface area contributed by atoms with Gasteiger partial charge in [0, 0.05) is 18.1 Å². The molecule has 92 valence electrons. The molecule has 1 saturated heterocycles. The molecule has 0 bridgehead atoms. The molecule has 1 heterocycles. The highest BCUT2D eigenvalue weighted by molar-refractivity contribution is 6.30. The van der Waals surface area contributed by atoms with Gasteiger partial charge >= 0.3 is 0 Å². The second-order valence-electron chi connectivity index (χ2n) is 4.25. The summed E-state index contributed by atoms with van der Waals surface area (Å²) in [5.41, 5.74) is 0. The maximum Gasteiger partial charge on any atom is 0.263 e. The molecular weight excluding hydrogens is 238 g/mol. The monoisotopic (exact) mass is 253 g/mol.